The molecule has 0 fully saturated rings. The van der Waals surface area contributed by atoms with E-state index in [4.69, 9.17) is 10.5 Å². The minimum absolute atomic E-state index is 0.362. The van der Waals surface area contributed by atoms with Crippen molar-refractivity contribution in [1.82, 2.24) is 0 Å². The largest absolute Gasteiger partial charge is 0.462 e. The summed E-state index contributed by atoms with van der Waals surface area (Å²) < 4.78 is 5.81. The molecule has 1 rings (SSSR count). The van der Waals surface area contributed by atoms with Crippen LogP contribution in [0.4, 0.5) is 5.69 Å². The molecule has 0 unspecified atom stereocenters. The molecule has 0 radical (unpaired) electrons. The third-order valence-electron chi connectivity index (χ3n) is 1.80. The van der Waals surface area contributed by atoms with Crippen LogP contribution in [0.3, 0.4) is 0 Å². The summed E-state index contributed by atoms with van der Waals surface area (Å²) in [6, 6.07) is 5.26. The van der Waals surface area contributed by atoms with E-state index in [1.165, 1.54) is 0 Å². The molecule has 94 valence electrons. The summed E-state index contributed by atoms with van der Waals surface area (Å²) in [5, 5.41) is 0. The predicted molar refractivity (Wildman–Crippen MR) is 80.0 cm³/mol. The molecule has 1 aromatic rings. The van der Waals surface area contributed by atoms with Crippen LogP contribution in [0.15, 0.2) is 30.9 Å². The number of rotatable bonds is 3. The summed E-state index contributed by atoms with van der Waals surface area (Å²) in [4.78, 5) is 11.3. The molecule has 0 amide bonds. The van der Waals surface area contributed by atoms with Crippen molar-refractivity contribution in [2.75, 3.05) is 12.3 Å². The van der Waals surface area contributed by atoms with E-state index in [2.05, 4.69) is 36.1 Å². The Hall–Kier alpha value is -1.04. The number of carbonyl (C=O) groups is 1. The van der Waals surface area contributed by atoms with Gasteiger partial charge in [0, 0.05) is 9.26 Å². The lowest BCUT2D eigenvalue weighted by molar-refractivity contribution is 0.0527. The van der Waals surface area contributed by atoms with E-state index >= 15 is 0 Å². The summed E-state index contributed by atoms with van der Waals surface area (Å²) in [6.07, 6.45) is 2.96. The van der Waals surface area contributed by atoms with E-state index in [1.807, 2.05) is 12.1 Å². The van der Waals surface area contributed by atoms with Crippen molar-refractivity contribution >= 4 is 34.2 Å². The number of hydrogen-bond acceptors (Lipinski definition) is 3. The van der Waals surface area contributed by atoms with Gasteiger partial charge in [0.15, 0.2) is 0 Å². The van der Waals surface area contributed by atoms with Crippen molar-refractivity contribution in [2.24, 2.45) is 0 Å². The molecule has 0 heterocycles. The van der Waals surface area contributed by atoms with Crippen molar-refractivity contribution in [1.29, 1.82) is 0 Å². The average molecular weight is 347 g/mol. The van der Waals surface area contributed by atoms with Crippen molar-refractivity contribution < 1.29 is 9.53 Å². The molecule has 0 saturated heterocycles. The Labute approximate surface area is 116 Å². The van der Waals surface area contributed by atoms with Crippen LogP contribution in [-0.2, 0) is 4.74 Å². The number of benzene rings is 1. The van der Waals surface area contributed by atoms with Crippen molar-refractivity contribution in [2.45, 2.75) is 20.3 Å². The maximum atomic E-state index is 11.3. The number of nitrogen functional groups attached to an aromatic ring is 1. The fourth-order valence-electron chi connectivity index (χ4n) is 0.914. The van der Waals surface area contributed by atoms with Crippen LogP contribution in [0, 0.1) is 3.57 Å². The van der Waals surface area contributed by atoms with E-state index in [1.54, 1.807) is 19.1 Å². The van der Waals surface area contributed by atoms with Gasteiger partial charge in [0.1, 0.15) is 0 Å². The fourth-order valence-corrected chi connectivity index (χ4v) is 1.41. The summed E-state index contributed by atoms with van der Waals surface area (Å²) in [5.41, 5.74) is 6.51. The van der Waals surface area contributed by atoms with E-state index in [0.717, 1.165) is 9.99 Å². The smallest absolute Gasteiger partial charge is 0.340 e. The van der Waals surface area contributed by atoms with Gasteiger partial charge in [0.25, 0.3) is 0 Å². The third-order valence-corrected chi connectivity index (χ3v) is 2.47. The van der Waals surface area contributed by atoms with Crippen LogP contribution in [0.1, 0.15) is 30.6 Å². The van der Waals surface area contributed by atoms with Crippen molar-refractivity contribution in [3.8, 4) is 0 Å². The molecular formula is C13H18INO2. The van der Waals surface area contributed by atoms with E-state index in [0.29, 0.717) is 17.9 Å². The molecule has 0 atom stereocenters. The molecule has 4 heteroatoms. The fraction of sp³-hybridized carbons (Fsp3) is 0.308. The molecular weight excluding hydrogens is 329 g/mol. The van der Waals surface area contributed by atoms with Gasteiger partial charge in [-0.2, -0.15) is 0 Å². The molecule has 0 bridgehead atoms. The zero-order valence-corrected chi connectivity index (χ0v) is 12.4. The van der Waals surface area contributed by atoms with Crippen LogP contribution in [0.25, 0.3) is 0 Å². The highest BCUT2D eigenvalue weighted by molar-refractivity contribution is 14.1. The van der Waals surface area contributed by atoms with E-state index < -0.39 is 0 Å². The Morgan fingerprint density at radius 3 is 2.59 bits per heavy atom. The zero-order valence-electron chi connectivity index (χ0n) is 10.2. The molecule has 0 saturated carbocycles. The molecule has 0 spiro atoms. The molecule has 2 N–H and O–H groups in total. The molecule has 0 aromatic heterocycles. The Kier molecular flexibility index (Phi) is 8.49. The zero-order chi connectivity index (χ0) is 13.3. The summed E-state index contributed by atoms with van der Waals surface area (Å²) in [6.45, 7) is 7.67. The Balaban J connectivity index is 0.000000557. The Bertz CT molecular complexity index is 378. The first-order valence-corrected chi connectivity index (χ1v) is 6.47. The standard InChI is InChI=1S/C9H10INO2.C4H8/c1-2-13-9(12)7-5-6(10)3-4-8(7)11;1-3-4-2/h3-5H,2,11H2,1H3;3H,1,4H2,2H3. The molecule has 17 heavy (non-hydrogen) atoms. The van der Waals surface area contributed by atoms with Crippen molar-refractivity contribution in [3.05, 3.63) is 40.0 Å². The second-order valence-corrected chi connectivity index (χ2v) is 4.39. The normalized spacial score (nSPS) is 8.88. The second-order valence-electron chi connectivity index (χ2n) is 3.15. The number of carbonyl (C=O) groups excluding carboxylic acids is 1. The number of ether oxygens (including phenoxy) is 1. The van der Waals surface area contributed by atoms with Gasteiger partial charge in [-0.1, -0.05) is 13.0 Å². The summed E-state index contributed by atoms with van der Waals surface area (Å²) in [5.74, 6) is -0.362. The average Bonchev–Trinajstić information content (AvgIpc) is 2.33. The van der Waals surface area contributed by atoms with Crippen molar-refractivity contribution in [3.63, 3.8) is 0 Å². The molecule has 0 aliphatic rings. The molecule has 0 aliphatic carbocycles. The SMILES string of the molecule is C=CCC.CCOC(=O)c1cc(I)ccc1N. The summed E-state index contributed by atoms with van der Waals surface area (Å²) in [7, 11) is 0. The van der Waals surface area contributed by atoms with Gasteiger partial charge in [-0.25, -0.2) is 4.79 Å². The van der Waals surface area contributed by atoms with Gasteiger partial charge in [0.2, 0.25) is 0 Å². The molecule has 3 nitrogen and oxygen atoms in total. The number of allylic oxidation sites excluding steroid dienone is 1. The minimum atomic E-state index is -0.362. The van der Waals surface area contributed by atoms with Gasteiger partial charge in [-0.3, -0.25) is 0 Å². The number of esters is 1. The first-order valence-electron chi connectivity index (χ1n) is 5.39. The van der Waals surface area contributed by atoms with Gasteiger partial charge < -0.3 is 10.5 Å². The van der Waals surface area contributed by atoms with Crippen LogP contribution < -0.4 is 5.73 Å². The van der Waals surface area contributed by atoms with Crippen LogP contribution >= 0.6 is 22.6 Å². The van der Waals surface area contributed by atoms with Crippen LogP contribution in [0.2, 0.25) is 0 Å². The maximum Gasteiger partial charge on any atom is 0.340 e. The quantitative estimate of drug-likeness (QED) is 0.393. The highest BCUT2D eigenvalue weighted by atomic mass is 127. The highest BCUT2D eigenvalue weighted by Gasteiger charge is 2.10. The highest BCUT2D eigenvalue weighted by Crippen LogP contribution is 2.16. The number of anilines is 1. The summed E-state index contributed by atoms with van der Waals surface area (Å²) >= 11 is 2.12. The van der Waals surface area contributed by atoms with Crippen LogP contribution in [-0.4, -0.2) is 12.6 Å². The minimum Gasteiger partial charge on any atom is -0.462 e. The second kappa shape index (κ2) is 9.04. The molecule has 1 aromatic carbocycles. The molecule has 0 aliphatic heterocycles. The monoisotopic (exact) mass is 347 g/mol. The third kappa shape index (κ3) is 6.31. The predicted octanol–water partition coefficient (Wildman–Crippen LogP) is 3.63. The van der Waals surface area contributed by atoms with Crippen LogP contribution in [0.5, 0.6) is 0 Å². The maximum absolute atomic E-state index is 11.3. The lowest BCUT2D eigenvalue weighted by Gasteiger charge is -2.04. The number of hydrogen-bond donors (Lipinski definition) is 1. The van der Waals surface area contributed by atoms with Gasteiger partial charge >= 0.3 is 5.97 Å². The topological polar surface area (TPSA) is 52.3 Å². The number of halogens is 1. The van der Waals surface area contributed by atoms with E-state index in [-0.39, 0.29) is 5.97 Å². The van der Waals surface area contributed by atoms with Gasteiger partial charge in [-0.15, -0.1) is 6.58 Å². The lowest BCUT2D eigenvalue weighted by atomic mass is 10.2. The first-order chi connectivity index (χ1) is 8.06. The Morgan fingerprint density at radius 1 is 1.53 bits per heavy atom. The first kappa shape index (κ1) is 16.0. The van der Waals surface area contributed by atoms with Gasteiger partial charge in [-0.05, 0) is 54.1 Å². The number of nitrogens with two attached hydrogens (primary N) is 1. The van der Waals surface area contributed by atoms with Gasteiger partial charge in [0.05, 0.1) is 12.2 Å². The lowest BCUT2D eigenvalue weighted by Crippen LogP contribution is -2.08. The van der Waals surface area contributed by atoms with E-state index in [9.17, 15) is 4.79 Å². The Morgan fingerprint density at radius 2 is 2.12 bits per heavy atom.